The fraction of sp³-hybridized carbons (Fsp3) is 0.357. The summed E-state index contributed by atoms with van der Waals surface area (Å²) < 4.78 is 23.0. The van der Waals surface area contributed by atoms with Gasteiger partial charge in [0.15, 0.2) is 0 Å². The van der Waals surface area contributed by atoms with Crippen molar-refractivity contribution in [1.29, 1.82) is 0 Å². The molecule has 0 fully saturated rings. The van der Waals surface area contributed by atoms with Gasteiger partial charge in [-0.25, -0.2) is 0 Å². The Morgan fingerprint density at radius 2 is 1.86 bits per heavy atom. The monoisotopic (exact) mass is 480 g/mol. The number of benzene rings is 2. The van der Waals surface area contributed by atoms with E-state index in [0.717, 1.165) is 5.57 Å². The zero-order valence-electron chi connectivity index (χ0n) is 21.3. The minimum Gasteiger partial charge on any atom is -0.507 e. The highest BCUT2D eigenvalue weighted by atomic mass is 16.5. The van der Waals surface area contributed by atoms with E-state index in [0.29, 0.717) is 22.4 Å². The van der Waals surface area contributed by atoms with Crippen molar-refractivity contribution in [2.75, 3.05) is 13.7 Å². The number of hydrogen-bond acceptors (Lipinski definition) is 7. The van der Waals surface area contributed by atoms with Gasteiger partial charge in [0.2, 0.25) is 5.78 Å². The molecule has 0 aliphatic carbocycles. The Morgan fingerprint density at radius 3 is 2.49 bits per heavy atom. The molecular formula is C28H32O7. The first-order valence-electron chi connectivity index (χ1n) is 11.3. The van der Waals surface area contributed by atoms with Crippen LogP contribution in [-0.2, 0) is 16.1 Å². The van der Waals surface area contributed by atoms with Crippen LogP contribution in [-0.4, -0.2) is 36.2 Å². The Labute approximate surface area is 206 Å². The van der Waals surface area contributed by atoms with Crippen molar-refractivity contribution in [1.82, 2.24) is 0 Å². The van der Waals surface area contributed by atoms with E-state index < -0.39 is 17.4 Å². The second kappa shape index (κ2) is 10.3. The molecule has 2 aromatic carbocycles. The molecule has 0 aromatic heterocycles. The van der Waals surface area contributed by atoms with Gasteiger partial charge in [-0.15, -0.1) is 0 Å². The van der Waals surface area contributed by atoms with E-state index in [9.17, 15) is 14.7 Å². The Kier molecular flexibility index (Phi) is 7.58. The minimum absolute atomic E-state index is 0.00130. The Hall–Kier alpha value is -3.74. The van der Waals surface area contributed by atoms with E-state index in [1.54, 1.807) is 12.1 Å². The Bertz CT molecular complexity index is 1210. The maximum absolute atomic E-state index is 14.1. The average molecular weight is 481 g/mol. The van der Waals surface area contributed by atoms with Gasteiger partial charge in [0.05, 0.1) is 12.7 Å². The summed E-state index contributed by atoms with van der Waals surface area (Å²) in [5.74, 6) is -0.306. The third kappa shape index (κ3) is 5.67. The summed E-state index contributed by atoms with van der Waals surface area (Å²) in [6, 6.07) is 4.84. The van der Waals surface area contributed by atoms with Crippen LogP contribution >= 0.6 is 0 Å². The largest absolute Gasteiger partial charge is 0.507 e. The topological polar surface area (TPSA) is 91.3 Å². The van der Waals surface area contributed by atoms with E-state index in [2.05, 4.69) is 0 Å². The maximum Gasteiger partial charge on any atom is 0.302 e. The maximum atomic E-state index is 14.1. The molecule has 1 N–H and O–H groups in total. The highest BCUT2D eigenvalue weighted by Gasteiger charge is 2.33. The number of rotatable bonds is 8. The molecular weight excluding hydrogens is 448 g/mol. The summed E-state index contributed by atoms with van der Waals surface area (Å²) in [4.78, 5) is 25.8. The van der Waals surface area contributed by atoms with Crippen LogP contribution in [0, 0.1) is 6.92 Å². The van der Waals surface area contributed by atoms with Crippen molar-refractivity contribution < 1.29 is 33.6 Å². The summed E-state index contributed by atoms with van der Waals surface area (Å²) in [7, 11) is 1.45. The van der Waals surface area contributed by atoms with Crippen LogP contribution in [0.2, 0.25) is 0 Å². The molecule has 0 radical (unpaired) electrons. The first kappa shape index (κ1) is 25.9. The molecule has 35 heavy (non-hydrogen) atoms. The van der Waals surface area contributed by atoms with Crippen LogP contribution < -0.4 is 14.2 Å². The molecule has 7 heteroatoms. The molecule has 186 valence electrons. The van der Waals surface area contributed by atoms with Gasteiger partial charge >= 0.3 is 5.97 Å². The van der Waals surface area contributed by atoms with Crippen molar-refractivity contribution >= 4 is 17.8 Å². The number of phenols is 1. The second-order valence-corrected chi connectivity index (χ2v) is 9.20. The van der Waals surface area contributed by atoms with E-state index in [4.69, 9.17) is 18.9 Å². The predicted octanol–water partition coefficient (Wildman–Crippen LogP) is 5.53. The Balaban J connectivity index is 2.25. The molecule has 3 rings (SSSR count). The number of hydrogen-bond donors (Lipinski definition) is 1. The summed E-state index contributed by atoms with van der Waals surface area (Å²) in [5.41, 5.74) is 2.26. The SMILES string of the molecule is COc1cc(C)c(OCC=C(C)C)c(COC(C)=O)c1C(=O)c1c(O)ccc2c1OC(C)(C)C=C2. The summed E-state index contributed by atoms with van der Waals surface area (Å²) in [6.07, 6.45) is 5.64. The van der Waals surface area contributed by atoms with E-state index in [1.807, 2.05) is 52.8 Å². The smallest absolute Gasteiger partial charge is 0.302 e. The molecule has 2 aromatic rings. The summed E-state index contributed by atoms with van der Waals surface area (Å²) in [6.45, 7) is 10.8. The Morgan fingerprint density at radius 1 is 1.14 bits per heavy atom. The van der Waals surface area contributed by atoms with Crippen LogP contribution in [0.1, 0.15) is 67.2 Å². The lowest BCUT2D eigenvalue weighted by Crippen LogP contribution is -2.29. The molecule has 7 nitrogen and oxygen atoms in total. The molecule has 1 heterocycles. The van der Waals surface area contributed by atoms with Crippen molar-refractivity contribution in [2.45, 2.75) is 53.8 Å². The molecule has 0 saturated carbocycles. The number of ketones is 1. The van der Waals surface area contributed by atoms with E-state index >= 15 is 0 Å². The summed E-state index contributed by atoms with van der Waals surface area (Å²) >= 11 is 0. The number of carbonyl (C=O) groups excluding carboxylic acids is 2. The van der Waals surface area contributed by atoms with E-state index in [1.165, 1.54) is 20.1 Å². The number of aromatic hydroxyl groups is 1. The van der Waals surface area contributed by atoms with Crippen LogP contribution in [0.5, 0.6) is 23.0 Å². The van der Waals surface area contributed by atoms with Crippen molar-refractivity contribution in [3.63, 3.8) is 0 Å². The van der Waals surface area contributed by atoms with Crippen LogP contribution in [0.25, 0.3) is 6.08 Å². The number of esters is 1. The van der Waals surface area contributed by atoms with Gasteiger partial charge < -0.3 is 24.1 Å². The van der Waals surface area contributed by atoms with Crippen molar-refractivity contribution in [3.8, 4) is 23.0 Å². The van der Waals surface area contributed by atoms with Gasteiger partial charge in [0.1, 0.15) is 47.4 Å². The number of carbonyl (C=O) groups is 2. The average Bonchev–Trinajstić information content (AvgIpc) is 2.77. The molecule has 0 bridgehead atoms. The fourth-order valence-electron chi connectivity index (χ4n) is 3.81. The van der Waals surface area contributed by atoms with E-state index in [-0.39, 0.29) is 41.6 Å². The molecule has 0 amide bonds. The van der Waals surface area contributed by atoms with Crippen molar-refractivity contribution in [3.05, 3.63) is 63.7 Å². The van der Waals surface area contributed by atoms with Crippen LogP contribution in [0.3, 0.4) is 0 Å². The normalized spacial score (nSPS) is 13.3. The number of methoxy groups -OCH3 is 1. The quantitative estimate of drug-likeness (QED) is 0.302. The first-order chi connectivity index (χ1) is 16.4. The predicted molar refractivity (Wildman–Crippen MR) is 133 cm³/mol. The van der Waals surface area contributed by atoms with Gasteiger partial charge in [-0.3, -0.25) is 9.59 Å². The van der Waals surface area contributed by atoms with Crippen LogP contribution in [0.15, 0.2) is 35.9 Å². The van der Waals surface area contributed by atoms with Gasteiger partial charge in [0.25, 0.3) is 0 Å². The molecule has 0 spiro atoms. The third-order valence-electron chi connectivity index (χ3n) is 5.54. The second-order valence-electron chi connectivity index (χ2n) is 9.20. The molecule has 1 aliphatic rings. The lowest BCUT2D eigenvalue weighted by Gasteiger charge is -2.29. The van der Waals surface area contributed by atoms with Crippen LogP contribution in [0.4, 0.5) is 0 Å². The van der Waals surface area contributed by atoms with Gasteiger partial charge in [-0.1, -0.05) is 11.6 Å². The third-order valence-corrected chi connectivity index (χ3v) is 5.54. The number of phenolic OH excluding ortho intramolecular Hbond substituents is 1. The number of ether oxygens (including phenoxy) is 4. The lowest BCUT2D eigenvalue weighted by atomic mass is 9.91. The zero-order valence-corrected chi connectivity index (χ0v) is 21.3. The molecule has 0 atom stereocenters. The lowest BCUT2D eigenvalue weighted by molar-refractivity contribution is -0.142. The minimum atomic E-state index is -0.674. The molecule has 1 aliphatic heterocycles. The molecule has 0 saturated heterocycles. The number of fused-ring (bicyclic) bond motifs is 1. The summed E-state index contributed by atoms with van der Waals surface area (Å²) in [5, 5.41) is 10.8. The number of allylic oxidation sites excluding steroid dienone is 1. The van der Waals surface area contributed by atoms with Gasteiger partial charge in [-0.2, -0.15) is 0 Å². The van der Waals surface area contributed by atoms with Gasteiger partial charge in [-0.05, 0) is 70.5 Å². The van der Waals surface area contributed by atoms with Crippen molar-refractivity contribution in [2.24, 2.45) is 0 Å². The standard InChI is InChI=1S/C28H32O7/c1-16(2)11-13-33-26-17(3)14-22(32-7)23(20(26)15-34-18(4)29)25(31)24-21(30)9-8-19-10-12-28(5,6)35-27(19)24/h8-12,14,30H,13,15H2,1-7H3. The number of aryl methyl sites for hydroxylation is 1. The highest BCUT2D eigenvalue weighted by Crippen LogP contribution is 2.43. The zero-order chi connectivity index (χ0) is 25.9. The van der Waals surface area contributed by atoms with Gasteiger partial charge in [0, 0.05) is 18.1 Å². The first-order valence-corrected chi connectivity index (χ1v) is 11.3. The fourth-order valence-corrected chi connectivity index (χ4v) is 3.81. The molecule has 0 unspecified atom stereocenters. The highest BCUT2D eigenvalue weighted by molar-refractivity contribution is 6.16.